The zero-order valence-corrected chi connectivity index (χ0v) is 11.9. The van der Waals surface area contributed by atoms with Crippen LogP contribution in [-0.4, -0.2) is 16.5 Å². The lowest BCUT2D eigenvalue weighted by molar-refractivity contribution is 0.421. The molecule has 1 aromatic carbocycles. The highest BCUT2D eigenvalue weighted by molar-refractivity contribution is 5.40. The van der Waals surface area contributed by atoms with Crippen molar-refractivity contribution >= 4 is 0 Å². The van der Waals surface area contributed by atoms with Crippen molar-refractivity contribution in [2.24, 2.45) is 0 Å². The van der Waals surface area contributed by atoms with Crippen molar-refractivity contribution in [2.75, 3.05) is 6.54 Å². The van der Waals surface area contributed by atoms with E-state index in [1.165, 1.54) is 17.5 Å². The smallest absolute Gasteiger partial charge is 0.115 e. The molecule has 1 N–H and O–H groups in total. The molecule has 0 fully saturated rings. The van der Waals surface area contributed by atoms with Crippen molar-refractivity contribution < 1.29 is 0 Å². The fourth-order valence-corrected chi connectivity index (χ4v) is 2.99. The highest BCUT2D eigenvalue weighted by atomic mass is 14.9. The minimum absolute atomic E-state index is 0.330. The van der Waals surface area contributed by atoms with E-state index in [1.807, 2.05) is 12.3 Å². The third kappa shape index (κ3) is 2.73. The molecule has 1 aliphatic rings. The number of hydrogen-bond donors (Lipinski definition) is 1. The molecule has 0 aliphatic heterocycles. The molecule has 20 heavy (non-hydrogen) atoms. The molecule has 0 radical (unpaired) electrons. The maximum Gasteiger partial charge on any atom is 0.115 e. The average molecular weight is 267 g/mol. The molecule has 1 aliphatic carbocycles. The second-order valence-corrected chi connectivity index (χ2v) is 5.48. The van der Waals surface area contributed by atoms with Gasteiger partial charge in [0, 0.05) is 6.20 Å². The van der Waals surface area contributed by atoms with E-state index in [-0.39, 0.29) is 0 Å². The van der Waals surface area contributed by atoms with Crippen LogP contribution in [0.15, 0.2) is 42.9 Å². The van der Waals surface area contributed by atoms with Gasteiger partial charge in [0.25, 0.3) is 0 Å². The van der Waals surface area contributed by atoms with E-state index < -0.39 is 0 Å². The van der Waals surface area contributed by atoms with Crippen molar-refractivity contribution in [2.45, 2.75) is 38.1 Å². The summed E-state index contributed by atoms with van der Waals surface area (Å²) in [4.78, 5) is 8.44. The van der Waals surface area contributed by atoms with Gasteiger partial charge < -0.3 is 5.32 Å². The van der Waals surface area contributed by atoms with Gasteiger partial charge in [-0.1, -0.05) is 31.2 Å². The van der Waals surface area contributed by atoms with Gasteiger partial charge >= 0.3 is 0 Å². The van der Waals surface area contributed by atoms with E-state index in [0.29, 0.717) is 12.0 Å². The summed E-state index contributed by atoms with van der Waals surface area (Å²) in [6.45, 7) is 3.23. The number of aromatic nitrogens is 2. The van der Waals surface area contributed by atoms with Gasteiger partial charge in [0.1, 0.15) is 6.33 Å². The Kier molecular flexibility index (Phi) is 4.07. The lowest BCUT2D eigenvalue weighted by Crippen LogP contribution is -2.28. The molecule has 2 aromatic rings. The molecule has 0 spiro atoms. The fraction of sp³-hybridized carbons (Fsp3) is 0.412. The monoisotopic (exact) mass is 267 g/mol. The van der Waals surface area contributed by atoms with Crippen LogP contribution in [0.5, 0.6) is 0 Å². The van der Waals surface area contributed by atoms with E-state index in [0.717, 1.165) is 25.1 Å². The van der Waals surface area contributed by atoms with Gasteiger partial charge in [0.15, 0.2) is 0 Å². The van der Waals surface area contributed by atoms with Crippen LogP contribution in [0.4, 0.5) is 0 Å². The number of benzene rings is 1. The van der Waals surface area contributed by atoms with Gasteiger partial charge in [-0.05, 0) is 48.9 Å². The summed E-state index contributed by atoms with van der Waals surface area (Å²) in [5, 5.41) is 3.63. The van der Waals surface area contributed by atoms with Gasteiger partial charge in [-0.2, -0.15) is 0 Å². The molecule has 0 saturated carbocycles. The maximum atomic E-state index is 4.43. The lowest BCUT2D eigenvalue weighted by Gasteiger charge is -2.33. The summed E-state index contributed by atoms with van der Waals surface area (Å²) in [5.74, 6) is 0.663. The van der Waals surface area contributed by atoms with Crippen LogP contribution in [-0.2, 0) is 6.42 Å². The van der Waals surface area contributed by atoms with Crippen LogP contribution >= 0.6 is 0 Å². The Bertz CT molecular complexity index is 553. The Labute approximate surface area is 120 Å². The zero-order valence-electron chi connectivity index (χ0n) is 11.9. The van der Waals surface area contributed by atoms with Gasteiger partial charge in [-0.3, -0.25) is 0 Å². The quantitative estimate of drug-likeness (QED) is 0.873. The van der Waals surface area contributed by atoms with Crippen LogP contribution in [0.2, 0.25) is 0 Å². The molecule has 1 heterocycles. The first-order chi connectivity index (χ1) is 9.88. The molecule has 0 bridgehead atoms. The maximum absolute atomic E-state index is 4.43. The molecule has 2 unspecified atom stereocenters. The number of nitrogens with one attached hydrogen (secondary N) is 1. The van der Waals surface area contributed by atoms with Gasteiger partial charge in [0.2, 0.25) is 0 Å². The molecule has 3 nitrogen and oxygen atoms in total. The van der Waals surface area contributed by atoms with E-state index >= 15 is 0 Å². The molecule has 104 valence electrons. The zero-order chi connectivity index (χ0) is 13.8. The Hall–Kier alpha value is -1.74. The molecule has 0 amide bonds. The molecule has 0 saturated heterocycles. The Morgan fingerprint density at radius 2 is 2.20 bits per heavy atom. The molecule has 3 rings (SSSR count). The molecular weight excluding hydrogens is 246 g/mol. The van der Waals surface area contributed by atoms with E-state index in [2.05, 4.69) is 46.5 Å². The third-order valence-electron chi connectivity index (χ3n) is 4.08. The Morgan fingerprint density at radius 1 is 1.30 bits per heavy atom. The first-order valence-electron chi connectivity index (χ1n) is 7.45. The van der Waals surface area contributed by atoms with Crippen LogP contribution in [0.3, 0.4) is 0 Å². The molecule has 3 heteroatoms. The largest absolute Gasteiger partial charge is 0.309 e. The van der Waals surface area contributed by atoms with Crippen molar-refractivity contribution in [3.63, 3.8) is 0 Å². The second-order valence-electron chi connectivity index (χ2n) is 5.48. The summed E-state index contributed by atoms with van der Waals surface area (Å²) in [6, 6.07) is 11.1. The van der Waals surface area contributed by atoms with E-state index in [1.54, 1.807) is 6.33 Å². The van der Waals surface area contributed by atoms with Crippen molar-refractivity contribution in [3.8, 4) is 0 Å². The Morgan fingerprint density at radius 3 is 2.95 bits per heavy atom. The lowest BCUT2D eigenvalue weighted by atomic mass is 9.74. The highest BCUT2D eigenvalue weighted by Gasteiger charge is 2.28. The summed E-state index contributed by atoms with van der Waals surface area (Å²) in [7, 11) is 0. The summed E-state index contributed by atoms with van der Waals surface area (Å²) in [5.41, 5.74) is 4.14. The van der Waals surface area contributed by atoms with Gasteiger partial charge in [-0.15, -0.1) is 0 Å². The third-order valence-corrected chi connectivity index (χ3v) is 4.08. The van der Waals surface area contributed by atoms with Crippen LogP contribution in [0, 0.1) is 0 Å². The fourth-order valence-electron chi connectivity index (χ4n) is 2.99. The molecule has 2 atom stereocenters. The van der Waals surface area contributed by atoms with Gasteiger partial charge in [-0.25, -0.2) is 9.97 Å². The minimum atomic E-state index is 0.330. The van der Waals surface area contributed by atoms with Crippen LogP contribution < -0.4 is 5.32 Å². The standard InChI is InChI=1S/C17H21N3/c1-2-8-19-17(16-7-9-18-12-20-16)11-14-10-13-5-3-4-6-15(13)14/h3-7,9,12,14,17,19H,2,8,10-11H2,1H3. The minimum Gasteiger partial charge on any atom is -0.309 e. The number of fused-ring (bicyclic) bond motifs is 1. The van der Waals surface area contributed by atoms with Crippen molar-refractivity contribution in [1.29, 1.82) is 0 Å². The predicted octanol–water partition coefficient (Wildman–Crippen LogP) is 3.25. The van der Waals surface area contributed by atoms with Crippen LogP contribution in [0.1, 0.15) is 48.5 Å². The average Bonchev–Trinajstić information content (AvgIpc) is 2.49. The summed E-state index contributed by atoms with van der Waals surface area (Å²) >= 11 is 0. The number of rotatable bonds is 6. The normalized spacial score (nSPS) is 18.1. The molecule has 1 aromatic heterocycles. The number of hydrogen-bond acceptors (Lipinski definition) is 3. The summed E-state index contributed by atoms with van der Waals surface area (Å²) < 4.78 is 0. The predicted molar refractivity (Wildman–Crippen MR) is 80.6 cm³/mol. The number of nitrogens with zero attached hydrogens (tertiary/aromatic N) is 2. The van der Waals surface area contributed by atoms with Gasteiger partial charge in [0.05, 0.1) is 11.7 Å². The second kappa shape index (κ2) is 6.14. The van der Waals surface area contributed by atoms with E-state index in [4.69, 9.17) is 0 Å². The van der Waals surface area contributed by atoms with Crippen molar-refractivity contribution in [3.05, 3.63) is 59.7 Å². The molecular formula is C17H21N3. The van der Waals surface area contributed by atoms with Crippen LogP contribution in [0.25, 0.3) is 0 Å². The first-order valence-corrected chi connectivity index (χ1v) is 7.45. The SMILES string of the molecule is CCCNC(CC1Cc2ccccc21)c1ccncn1. The summed E-state index contributed by atoms with van der Waals surface area (Å²) in [6.07, 6.45) is 6.94. The van der Waals surface area contributed by atoms with Crippen molar-refractivity contribution in [1.82, 2.24) is 15.3 Å². The highest BCUT2D eigenvalue weighted by Crippen LogP contribution is 2.40. The topological polar surface area (TPSA) is 37.8 Å². The first kappa shape index (κ1) is 13.3. The Balaban J connectivity index is 1.72. The van der Waals surface area contributed by atoms with E-state index in [9.17, 15) is 0 Å².